The molecule has 33 heavy (non-hydrogen) atoms. The fourth-order valence-electron chi connectivity index (χ4n) is 4.51. The summed E-state index contributed by atoms with van der Waals surface area (Å²) >= 11 is 0. The number of non-ortho nitro benzene ring substituents is 1. The van der Waals surface area contributed by atoms with Crippen LogP contribution in [0.2, 0.25) is 0 Å². The molecule has 1 aliphatic rings. The lowest BCUT2D eigenvalue weighted by atomic mass is 10.0. The van der Waals surface area contributed by atoms with Crippen molar-refractivity contribution in [3.63, 3.8) is 0 Å². The highest BCUT2D eigenvalue weighted by atomic mass is 19.1. The molecule has 0 atom stereocenters. The highest BCUT2D eigenvalue weighted by Gasteiger charge is 2.29. The van der Waals surface area contributed by atoms with Gasteiger partial charge in [0.2, 0.25) is 5.71 Å². The average molecular weight is 447 g/mol. The summed E-state index contributed by atoms with van der Waals surface area (Å²) < 4.78 is 36.5. The molecule has 0 spiro atoms. The Labute approximate surface area is 184 Å². The number of fused-ring (bicyclic) bond motifs is 5. The van der Waals surface area contributed by atoms with Gasteiger partial charge in [0.05, 0.1) is 17.0 Å². The summed E-state index contributed by atoms with van der Waals surface area (Å²) in [7, 11) is 0. The second kappa shape index (κ2) is 6.93. The Morgan fingerprint density at radius 3 is 2.70 bits per heavy atom. The van der Waals surface area contributed by atoms with Crippen LogP contribution in [0.15, 0.2) is 57.9 Å². The molecule has 6 rings (SSSR count). The molecule has 3 heterocycles. The van der Waals surface area contributed by atoms with E-state index in [1.165, 1.54) is 16.8 Å². The smallest absolute Gasteiger partial charge is 0.362 e. The minimum atomic E-state index is -0.702. The molecular formula is C24H15F2N3O4. The van der Waals surface area contributed by atoms with E-state index in [4.69, 9.17) is 4.42 Å². The molecule has 7 nitrogen and oxygen atoms in total. The highest BCUT2D eigenvalue weighted by molar-refractivity contribution is 6.18. The van der Waals surface area contributed by atoms with E-state index in [0.29, 0.717) is 27.2 Å². The minimum absolute atomic E-state index is 0.000334. The Hall–Kier alpha value is -4.14. The van der Waals surface area contributed by atoms with Crippen molar-refractivity contribution in [1.29, 1.82) is 0 Å². The Morgan fingerprint density at radius 1 is 1.12 bits per heavy atom. The summed E-state index contributed by atoms with van der Waals surface area (Å²) in [6.07, 6.45) is 3.29. The maximum Gasteiger partial charge on any atom is 0.362 e. The largest absolute Gasteiger partial charge is 0.402 e. The lowest BCUT2D eigenvalue weighted by Gasteiger charge is -2.09. The van der Waals surface area contributed by atoms with E-state index in [1.807, 2.05) is 0 Å². The fourth-order valence-corrected chi connectivity index (χ4v) is 4.51. The van der Waals surface area contributed by atoms with E-state index in [0.717, 1.165) is 31.0 Å². The second-order valence-corrected chi connectivity index (χ2v) is 8.25. The number of benzene rings is 2. The molecule has 0 saturated heterocycles. The van der Waals surface area contributed by atoms with Gasteiger partial charge in [0.1, 0.15) is 17.2 Å². The number of aromatic nitrogens is 2. The third-order valence-corrected chi connectivity index (χ3v) is 6.19. The molecule has 9 heteroatoms. The van der Waals surface area contributed by atoms with Crippen molar-refractivity contribution in [2.75, 3.05) is 0 Å². The summed E-state index contributed by atoms with van der Waals surface area (Å²) in [4.78, 5) is 27.7. The molecule has 1 saturated carbocycles. The van der Waals surface area contributed by atoms with Crippen LogP contribution < -0.4 is 5.63 Å². The van der Waals surface area contributed by atoms with Gasteiger partial charge in [0.25, 0.3) is 5.69 Å². The van der Waals surface area contributed by atoms with Gasteiger partial charge in [0.15, 0.2) is 0 Å². The Kier molecular flexibility index (Phi) is 4.10. The molecule has 0 unspecified atom stereocenters. The minimum Gasteiger partial charge on any atom is -0.402 e. The lowest BCUT2D eigenvalue weighted by Crippen LogP contribution is -2.10. The van der Waals surface area contributed by atoms with Crippen molar-refractivity contribution in [3.05, 3.63) is 92.0 Å². The van der Waals surface area contributed by atoms with Gasteiger partial charge in [-0.3, -0.25) is 10.1 Å². The number of pyridine rings is 1. The summed E-state index contributed by atoms with van der Waals surface area (Å²) in [6, 6.07) is 9.75. The molecule has 1 fully saturated rings. The van der Waals surface area contributed by atoms with E-state index in [1.54, 1.807) is 18.2 Å². The number of hydrogen-bond acceptors (Lipinski definition) is 5. The van der Waals surface area contributed by atoms with Gasteiger partial charge in [0, 0.05) is 40.1 Å². The SMILES string of the molecule is O=c1oc2ncccc2c2c3cc(C4CC4)c(F)cc3n(Cc3cc([N+](=O)[O-])ccc3F)c12. The van der Waals surface area contributed by atoms with Gasteiger partial charge in [-0.05, 0) is 54.7 Å². The van der Waals surface area contributed by atoms with Crippen LogP contribution >= 0.6 is 0 Å². The maximum absolute atomic E-state index is 15.0. The summed E-state index contributed by atoms with van der Waals surface area (Å²) in [5.41, 5.74) is 0.245. The van der Waals surface area contributed by atoms with Crippen molar-refractivity contribution in [3.8, 4) is 0 Å². The van der Waals surface area contributed by atoms with Crippen LogP contribution in [0.4, 0.5) is 14.5 Å². The third kappa shape index (κ3) is 3.00. The van der Waals surface area contributed by atoms with Crippen molar-refractivity contribution in [2.45, 2.75) is 25.3 Å². The Balaban J connectivity index is 1.72. The van der Waals surface area contributed by atoms with Crippen LogP contribution in [-0.2, 0) is 6.54 Å². The maximum atomic E-state index is 15.0. The van der Waals surface area contributed by atoms with E-state index >= 15 is 4.39 Å². The molecule has 0 N–H and O–H groups in total. The molecule has 5 aromatic rings. The van der Waals surface area contributed by atoms with Crippen molar-refractivity contribution >= 4 is 38.6 Å². The fraction of sp³-hybridized carbons (Fsp3) is 0.167. The quantitative estimate of drug-likeness (QED) is 0.271. The zero-order chi connectivity index (χ0) is 22.9. The van der Waals surface area contributed by atoms with Crippen LogP contribution in [0, 0.1) is 21.7 Å². The standard InChI is InChI=1S/C24H15F2N3O4/c25-18-6-5-14(29(31)32)8-13(18)11-28-20-10-19(26)16(12-3-4-12)9-17(20)21-15-2-1-7-27-23(15)33-24(30)22(21)28/h1-2,5-10,12H,3-4,11H2. The van der Waals surface area contributed by atoms with Crippen LogP contribution in [0.1, 0.15) is 29.9 Å². The summed E-state index contributed by atoms with van der Waals surface area (Å²) in [5.74, 6) is -0.940. The zero-order valence-corrected chi connectivity index (χ0v) is 17.0. The normalized spacial score (nSPS) is 13.9. The molecular weight excluding hydrogens is 432 g/mol. The van der Waals surface area contributed by atoms with E-state index in [2.05, 4.69) is 4.98 Å². The van der Waals surface area contributed by atoms with Gasteiger partial charge >= 0.3 is 5.63 Å². The molecule has 0 radical (unpaired) electrons. The summed E-state index contributed by atoms with van der Waals surface area (Å²) in [5, 5.41) is 12.9. The predicted molar refractivity (Wildman–Crippen MR) is 117 cm³/mol. The monoisotopic (exact) mass is 447 g/mol. The van der Waals surface area contributed by atoms with Crippen molar-refractivity contribution < 1.29 is 18.1 Å². The second-order valence-electron chi connectivity index (χ2n) is 8.25. The zero-order valence-electron chi connectivity index (χ0n) is 17.0. The van der Waals surface area contributed by atoms with E-state index < -0.39 is 22.2 Å². The van der Waals surface area contributed by atoms with Gasteiger partial charge < -0.3 is 8.98 Å². The molecule has 2 aromatic carbocycles. The van der Waals surface area contributed by atoms with Gasteiger partial charge in [-0.15, -0.1) is 0 Å². The molecule has 164 valence electrons. The Morgan fingerprint density at radius 2 is 1.94 bits per heavy atom. The first-order valence-corrected chi connectivity index (χ1v) is 10.4. The molecule has 3 aromatic heterocycles. The molecule has 1 aliphatic carbocycles. The molecule has 0 bridgehead atoms. The van der Waals surface area contributed by atoms with Crippen molar-refractivity contribution in [1.82, 2.24) is 9.55 Å². The van der Waals surface area contributed by atoms with Gasteiger partial charge in [-0.2, -0.15) is 0 Å². The van der Waals surface area contributed by atoms with Crippen LogP contribution in [0.25, 0.3) is 32.9 Å². The van der Waals surface area contributed by atoms with E-state index in [-0.39, 0.29) is 34.9 Å². The average Bonchev–Trinajstić information content (AvgIpc) is 3.58. The van der Waals surface area contributed by atoms with Crippen LogP contribution in [0.3, 0.4) is 0 Å². The van der Waals surface area contributed by atoms with Crippen LogP contribution in [-0.4, -0.2) is 14.5 Å². The first-order valence-electron chi connectivity index (χ1n) is 10.4. The predicted octanol–water partition coefficient (Wildman–Crippen LogP) is 5.41. The number of nitro groups is 1. The first kappa shape index (κ1) is 19.5. The lowest BCUT2D eigenvalue weighted by molar-refractivity contribution is -0.385. The topological polar surface area (TPSA) is 91.2 Å². The van der Waals surface area contributed by atoms with Crippen molar-refractivity contribution in [2.24, 2.45) is 0 Å². The Bertz CT molecular complexity index is 1690. The number of halogens is 2. The summed E-state index contributed by atoms with van der Waals surface area (Å²) in [6.45, 7) is -0.216. The number of nitrogens with zero attached hydrogens (tertiary/aromatic N) is 3. The number of hydrogen-bond donors (Lipinski definition) is 0. The van der Waals surface area contributed by atoms with Gasteiger partial charge in [-0.25, -0.2) is 18.6 Å². The van der Waals surface area contributed by atoms with Gasteiger partial charge in [-0.1, -0.05) is 0 Å². The third-order valence-electron chi connectivity index (χ3n) is 6.19. The first-order chi connectivity index (χ1) is 15.9. The highest BCUT2D eigenvalue weighted by Crippen LogP contribution is 2.44. The molecule has 0 amide bonds. The number of nitro benzene ring substituents is 1. The number of rotatable bonds is 4. The van der Waals surface area contributed by atoms with E-state index in [9.17, 15) is 19.3 Å². The van der Waals surface area contributed by atoms with Crippen LogP contribution in [0.5, 0.6) is 0 Å². The molecule has 0 aliphatic heterocycles.